The smallest absolute Gasteiger partial charge is 0.240 e. The average molecular weight is 327 g/mol. The van der Waals surface area contributed by atoms with Crippen LogP contribution in [0.4, 0.5) is 5.13 Å². The lowest BCUT2D eigenvalue weighted by molar-refractivity contribution is 0.411. The van der Waals surface area contributed by atoms with Crippen LogP contribution in [0.1, 0.15) is 11.3 Å². The van der Waals surface area contributed by atoms with E-state index in [1.165, 1.54) is 17.4 Å². The van der Waals surface area contributed by atoms with Crippen LogP contribution in [0.5, 0.6) is 5.75 Å². The number of hydrogen-bond donors (Lipinski definition) is 2. The van der Waals surface area contributed by atoms with Gasteiger partial charge in [0.15, 0.2) is 5.13 Å². The van der Waals surface area contributed by atoms with Gasteiger partial charge < -0.3 is 10.5 Å². The van der Waals surface area contributed by atoms with Crippen LogP contribution in [0, 0.1) is 6.92 Å². The van der Waals surface area contributed by atoms with Gasteiger partial charge in [-0.2, -0.15) is 0 Å². The maximum absolute atomic E-state index is 12.2. The van der Waals surface area contributed by atoms with Crippen LogP contribution in [-0.4, -0.2) is 27.1 Å². The van der Waals surface area contributed by atoms with E-state index in [0.29, 0.717) is 17.3 Å². The van der Waals surface area contributed by atoms with Gasteiger partial charge in [-0.05, 0) is 30.7 Å². The van der Waals surface area contributed by atoms with Crippen LogP contribution in [0.15, 0.2) is 28.5 Å². The average Bonchev–Trinajstić information content (AvgIpc) is 2.84. The molecule has 2 aromatic rings. The normalized spacial score (nSPS) is 11.5. The summed E-state index contributed by atoms with van der Waals surface area (Å²) in [7, 11) is -1.98. The van der Waals surface area contributed by atoms with Crippen LogP contribution in [0.25, 0.3) is 0 Å². The van der Waals surface area contributed by atoms with Crippen molar-refractivity contribution in [3.05, 3.63) is 34.8 Å². The number of aromatic nitrogens is 1. The first-order chi connectivity index (χ1) is 9.92. The molecule has 3 N–H and O–H groups in total. The van der Waals surface area contributed by atoms with Crippen LogP contribution < -0.4 is 15.2 Å². The van der Waals surface area contributed by atoms with Crippen molar-refractivity contribution in [2.75, 3.05) is 19.4 Å². The molecule has 0 aliphatic heterocycles. The number of ether oxygens (including phenoxy) is 1. The fourth-order valence-corrected chi connectivity index (χ4v) is 3.57. The summed E-state index contributed by atoms with van der Waals surface area (Å²) in [5.41, 5.74) is 7.08. The van der Waals surface area contributed by atoms with Crippen molar-refractivity contribution in [1.82, 2.24) is 9.71 Å². The third-order valence-corrected chi connectivity index (χ3v) is 5.10. The molecule has 0 bridgehead atoms. The Morgan fingerprint density at radius 2 is 2.19 bits per heavy atom. The lowest BCUT2D eigenvalue weighted by atomic mass is 10.2. The van der Waals surface area contributed by atoms with Gasteiger partial charge in [0.1, 0.15) is 5.75 Å². The van der Waals surface area contributed by atoms with Crippen LogP contribution in [0.3, 0.4) is 0 Å². The highest BCUT2D eigenvalue weighted by molar-refractivity contribution is 7.89. The van der Waals surface area contributed by atoms with Crippen molar-refractivity contribution in [2.45, 2.75) is 18.2 Å². The summed E-state index contributed by atoms with van der Waals surface area (Å²) in [4.78, 5) is 4.31. The highest BCUT2D eigenvalue weighted by atomic mass is 32.2. The molecular formula is C13H17N3O3S2. The Labute approximate surface area is 128 Å². The molecule has 1 aromatic heterocycles. The minimum atomic E-state index is -3.53. The van der Waals surface area contributed by atoms with Gasteiger partial charge >= 0.3 is 0 Å². The van der Waals surface area contributed by atoms with E-state index in [0.717, 1.165) is 11.3 Å². The third kappa shape index (κ3) is 3.93. The van der Waals surface area contributed by atoms with Crippen LogP contribution in [-0.2, 0) is 16.4 Å². The molecule has 0 fully saturated rings. The highest BCUT2D eigenvalue weighted by Gasteiger charge is 2.15. The Morgan fingerprint density at radius 1 is 1.43 bits per heavy atom. The lowest BCUT2D eigenvalue weighted by Gasteiger charge is -2.09. The number of aryl methyl sites for hydroxylation is 1. The molecule has 6 nitrogen and oxygen atoms in total. The second-order valence-electron chi connectivity index (χ2n) is 4.46. The van der Waals surface area contributed by atoms with Gasteiger partial charge in [0.25, 0.3) is 0 Å². The van der Waals surface area contributed by atoms with E-state index in [1.807, 2.05) is 5.38 Å². The molecule has 0 aliphatic rings. The summed E-state index contributed by atoms with van der Waals surface area (Å²) < 4.78 is 32.0. The molecular weight excluding hydrogens is 310 g/mol. The van der Waals surface area contributed by atoms with Gasteiger partial charge in [0.2, 0.25) is 10.0 Å². The quantitative estimate of drug-likeness (QED) is 0.840. The molecule has 8 heteroatoms. The number of nitrogens with two attached hydrogens (primary N) is 1. The van der Waals surface area contributed by atoms with Gasteiger partial charge in [0, 0.05) is 18.3 Å². The topological polar surface area (TPSA) is 94.3 Å². The number of hydrogen-bond acceptors (Lipinski definition) is 6. The zero-order chi connectivity index (χ0) is 15.5. The summed E-state index contributed by atoms with van der Waals surface area (Å²) in [5, 5.41) is 2.31. The van der Waals surface area contributed by atoms with Gasteiger partial charge in [-0.15, -0.1) is 11.3 Å². The van der Waals surface area contributed by atoms with Crippen molar-refractivity contribution < 1.29 is 13.2 Å². The van der Waals surface area contributed by atoms with Gasteiger partial charge in [-0.1, -0.05) is 0 Å². The number of sulfonamides is 1. The number of rotatable bonds is 6. The van der Waals surface area contributed by atoms with Crippen molar-refractivity contribution in [2.24, 2.45) is 0 Å². The zero-order valence-corrected chi connectivity index (χ0v) is 13.4. The third-order valence-electron chi connectivity index (χ3n) is 2.92. The SMILES string of the molecule is COc1ccc(S(=O)(=O)NCCc2csc(N)n2)cc1C. The number of nitrogens with one attached hydrogen (secondary N) is 1. The number of benzene rings is 1. The van der Waals surface area contributed by atoms with Crippen molar-refractivity contribution >= 4 is 26.5 Å². The molecule has 0 radical (unpaired) electrons. The van der Waals surface area contributed by atoms with Crippen molar-refractivity contribution in [1.29, 1.82) is 0 Å². The van der Waals surface area contributed by atoms with Gasteiger partial charge in [0.05, 0.1) is 17.7 Å². The second kappa shape index (κ2) is 6.42. The maximum Gasteiger partial charge on any atom is 0.240 e. The Kier molecular flexibility index (Phi) is 4.81. The van der Waals surface area contributed by atoms with Gasteiger partial charge in [-0.3, -0.25) is 0 Å². The molecule has 0 unspecified atom stereocenters. The minimum Gasteiger partial charge on any atom is -0.496 e. The monoisotopic (exact) mass is 327 g/mol. The van der Waals surface area contributed by atoms with Crippen LogP contribution in [0.2, 0.25) is 0 Å². The van der Waals surface area contributed by atoms with E-state index < -0.39 is 10.0 Å². The predicted octanol–water partition coefficient (Wildman–Crippen LogP) is 1.56. The number of thiazole rings is 1. The van der Waals surface area contributed by atoms with Crippen molar-refractivity contribution in [3.8, 4) is 5.75 Å². The van der Waals surface area contributed by atoms with E-state index in [-0.39, 0.29) is 11.4 Å². The maximum atomic E-state index is 12.2. The van der Waals surface area contributed by atoms with E-state index in [2.05, 4.69) is 9.71 Å². The Morgan fingerprint density at radius 3 is 2.76 bits per heavy atom. The van der Waals surface area contributed by atoms with E-state index >= 15 is 0 Å². The molecule has 0 amide bonds. The second-order valence-corrected chi connectivity index (χ2v) is 7.11. The number of nitrogen functional groups attached to an aromatic ring is 1. The largest absolute Gasteiger partial charge is 0.496 e. The first-order valence-electron chi connectivity index (χ1n) is 6.26. The standard InChI is InChI=1S/C13H17N3O3S2/c1-9-7-11(3-4-12(9)19-2)21(17,18)15-6-5-10-8-20-13(14)16-10/h3-4,7-8,15H,5-6H2,1-2H3,(H2,14,16). The first-order valence-corrected chi connectivity index (χ1v) is 8.63. The van der Waals surface area contributed by atoms with E-state index in [4.69, 9.17) is 10.5 Å². The molecule has 0 saturated heterocycles. The van der Waals surface area contributed by atoms with Gasteiger partial charge in [-0.25, -0.2) is 18.1 Å². The molecule has 0 atom stereocenters. The lowest BCUT2D eigenvalue weighted by Crippen LogP contribution is -2.26. The summed E-state index contributed by atoms with van der Waals surface area (Å²) in [6.45, 7) is 2.08. The Hall–Kier alpha value is -1.64. The fourth-order valence-electron chi connectivity index (χ4n) is 1.85. The molecule has 0 aliphatic carbocycles. The Balaban J connectivity index is 2.02. The Bertz CT molecular complexity index is 726. The number of nitrogens with zero attached hydrogens (tertiary/aromatic N) is 1. The van der Waals surface area contributed by atoms with Crippen LogP contribution >= 0.6 is 11.3 Å². The molecule has 1 aromatic carbocycles. The molecule has 114 valence electrons. The summed E-state index contributed by atoms with van der Waals surface area (Å²) in [6.07, 6.45) is 0.502. The first kappa shape index (κ1) is 15.7. The molecule has 21 heavy (non-hydrogen) atoms. The number of anilines is 1. The minimum absolute atomic E-state index is 0.221. The summed E-state index contributed by atoms with van der Waals surface area (Å²) in [5.74, 6) is 0.659. The zero-order valence-electron chi connectivity index (χ0n) is 11.8. The molecule has 0 spiro atoms. The summed E-state index contributed by atoms with van der Waals surface area (Å²) in [6, 6.07) is 4.75. The predicted molar refractivity (Wildman–Crippen MR) is 83.1 cm³/mol. The highest BCUT2D eigenvalue weighted by Crippen LogP contribution is 2.21. The number of methoxy groups -OCH3 is 1. The molecule has 1 heterocycles. The summed E-state index contributed by atoms with van der Waals surface area (Å²) >= 11 is 1.34. The van der Waals surface area contributed by atoms with E-state index in [9.17, 15) is 8.42 Å². The van der Waals surface area contributed by atoms with E-state index in [1.54, 1.807) is 26.2 Å². The fraction of sp³-hybridized carbons (Fsp3) is 0.308. The van der Waals surface area contributed by atoms with Crippen molar-refractivity contribution in [3.63, 3.8) is 0 Å². The molecule has 2 rings (SSSR count). The molecule has 0 saturated carbocycles.